The number of hydrogen-bond acceptors (Lipinski definition) is 4. The van der Waals surface area contributed by atoms with Gasteiger partial charge in [-0.25, -0.2) is 0 Å². The number of fused-ring (bicyclic) bond motifs is 14. The monoisotopic (exact) mass is 913 g/mol. The molecule has 20 atom stereocenters. The second-order valence-electron chi connectivity index (χ2n) is 29.0. The molecule has 0 radical (unpaired) electrons. The molecule has 10 aliphatic rings. The first kappa shape index (κ1) is 49.3. The van der Waals surface area contributed by atoms with Crippen LogP contribution in [0.2, 0.25) is 0 Å². The number of aliphatic carboxylic acids is 2. The third kappa shape index (κ3) is 6.08. The van der Waals surface area contributed by atoms with Crippen LogP contribution in [-0.2, 0) is 9.59 Å². The summed E-state index contributed by atoms with van der Waals surface area (Å²) in [4.78, 5) is 25.5. The normalized spacial score (nSPS) is 55.0. The molecule has 0 aromatic rings. The Morgan fingerprint density at radius 1 is 0.409 bits per heavy atom. The maximum Gasteiger partial charge on any atom is 0.309 e. The summed E-state index contributed by atoms with van der Waals surface area (Å²) in [6, 6.07) is 0. The highest BCUT2D eigenvalue weighted by Gasteiger charge is 2.74. The van der Waals surface area contributed by atoms with Gasteiger partial charge in [-0.2, -0.15) is 0 Å². The quantitative estimate of drug-likeness (QED) is 0.209. The van der Waals surface area contributed by atoms with Crippen molar-refractivity contribution in [3.05, 3.63) is 24.3 Å². The maximum absolute atomic E-state index is 12.8. The highest BCUT2D eigenvalue weighted by Crippen LogP contribution is 2.80. The number of allylic oxidation sites excluding steroid dienone is 2. The predicted octanol–water partition coefficient (Wildman–Crippen LogP) is 14.2. The van der Waals surface area contributed by atoms with Crippen molar-refractivity contribution in [1.29, 1.82) is 0 Å². The molecular weight excluding hydrogens is 817 g/mol. The smallest absolute Gasteiger partial charge is 0.309 e. The number of carboxylic acid groups (broad SMARTS) is 2. The fourth-order valence-corrected chi connectivity index (χ4v) is 23.0. The number of hydrogen-bond donors (Lipinski definition) is 4. The van der Waals surface area contributed by atoms with Gasteiger partial charge >= 0.3 is 11.9 Å². The first-order chi connectivity index (χ1) is 30.5. The van der Waals surface area contributed by atoms with E-state index in [1.54, 1.807) is 0 Å². The lowest BCUT2D eigenvalue weighted by Gasteiger charge is -2.72. The van der Waals surface area contributed by atoms with E-state index in [9.17, 15) is 30.0 Å². The second-order valence-corrected chi connectivity index (χ2v) is 29.0. The number of rotatable bonds is 4. The Bertz CT molecular complexity index is 1860. The highest BCUT2D eigenvalue weighted by molar-refractivity contribution is 5.77. The van der Waals surface area contributed by atoms with Gasteiger partial charge in [-0.05, 0) is 245 Å². The Morgan fingerprint density at radius 3 is 1.08 bits per heavy atom. The van der Waals surface area contributed by atoms with Crippen LogP contribution in [0.5, 0.6) is 0 Å². The van der Waals surface area contributed by atoms with E-state index < -0.39 is 22.8 Å². The van der Waals surface area contributed by atoms with Crippen LogP contribution in [0.15, 0.2) is 24.3 Å². The average Bonchev–Trinajstić information content (AvgIpc) is 3.84. The van der Waals surface area contributed by atoms with Crippen molar-refractivity contribution in [3.8, 4) is 0 Å². The summed E-state index contributed by atoms with van der Waals surface area (Å²) >= 11 is 0. The third-order valence-corrected chi connectivity index (χ3v) is 26.9. The van der Waals surface area contributed by atoms with Crippen LogP contribution in [0.3, 0.4) is 0 Å². The lowest BCUT2D eigenvalue weighted by molar-refractivity contribution is -0.248. The minimum Gasteiger partial charge on any atom is -0.481 e. The molecule has 10 aliphatic carbocycles. The van der Waals surface area contributed by atoms with Gasteiger partial charge in [0.1, 0.15) is 0 Å². The molecule has 1 unspecified atom stereocenters. The third-order valence-electron chi connectivity index (χ3n) is 26.9. The summed E-state index contributed by atoms with van der Waals surface area (Å²) in [7, 11) is 0. The van der Waals surface area contributed by atoms with Gasteiger partial charge in [-0.1, -0.05) is 93.5 Å². The van der Waals surface area contributed by atoms with E-state index in [0.717, 1.165) is 77.0 Å². The lowest BCUT2D eigenvalue weighted by atomic mass is 9.32. The summed E-state index contributed by atoms with van der Waals surface area (Å²) in [5, 5.41) is 42.8. The molecule has 0 spiro atoms. The molecule has 372 valence electrons. The van der Waals surface area contributed by atoms with E-state index in [0.29, 0.717) is 47.3 Å². The zero-order chi connectivity index (χ0) is 48.4. The molecule has 0 amide bonds. The second kappa shape index (κ2) is 15.4. The minimum absolute atomic E-state index is 0.0202. The standard InChI is InChI=1S/2C30H48O3/c2*1-18(2)19-10-15-30(25(32)33)17-16-28(6)20(24(19)30)8-9-22-27(5)13-12-23(31)26(3,4)21(27)11-14-29(22,28)7/h2*19-24,31H,1,8-17H2,2-7H3,(H,32,33)/t19-,20+,21-,22+,23?,24+,27-,28+,29+,30-;19-,20+,21-,22+,23-,24+,27-,28+,29+,30-/m00/s1. The molecule has 6 heteroatoms. The highest BCUT2D eigenvalue weighted by atomic mass is 16.4. The summed E-state index contributed by atoms with van der Waals surface area (Å²) < 4.78 is 0. The van der Waals surface area contributed by atoms with Gasteiger partial charge < -0.3 is 20.4 Å². The summed E-state index contributed by atoms with van der Waals surface area (Å²) in [5.74, 6) is 3.59. The number of carbonyl (C=O) groups is 2. The zero-order valence-electron chi connectivity index (χ0n) is 44.1. The molecule has 4 N–H and O–H groups in total. The molecule has 6 nitrogen and oxygen atoms in total. The van der Waals surface area contributed by atoms with Crippen LogP contribution >= 0.6 is 0 Å². The van der Waals surface area contributed by atoms with Crippen molar-refractivity contribution in [2.45, 2.75) is 224 Å². The average molecular weight is 913 g/mol. The first-order valence-corrected chi connectivity index (χ1v) is 27.6. The molecule has 10 fully saturated rings. The zero-order valence-corrected chi connectivity index (χ0v) is 44.1. The molecular formula is C60H96O6. The Hall–Kier alpha value is -1.66. The van der Waals surface area contributed by atoms with E-state index >= 15 is 0 Å². The molecule has 0 aliphatic heterocycles. The van der Waals surface area contributed by atoms with Crippen molar-refractivity contribution in [2.75, 3.05) is 0 Å². The molecule has 10 rings (SSSR count). The molecule has 0 heterocycles. The van der Waals surface area contributed by atoms with Crippen LogP contribution < -0.4 is 0 Å². The molecule has 66 heavy (non-hydrogen) atoms. The summed E-state index contributed by atoms with van der Waals surface area (Å²) in [6.07, 6.45) is 20.9. The van der Waals surface area contributed by atoms with Gasteiger partial charge in [0, 0.05) is 0 Å². The van der Waals surface area contributed by atoms with Gasteiger partial charge in [0.2, 0.25) is 0 Å². The Morgan fingerprint density at radius 2 is 0.758 bits per heavy atom. The van der Waals surface area contributed by atoms with Crippen molar-refractivity contribution < 1.29 is 30.0 Å². The minimum atomic E-state index is -0.538. The molecule has 0 saturated heterocycles. The Kier molecular flexibility index (Phi) is 11.5. The van der Waals surface area contributed by atoms with Gasteiger partial charge in [0.05, 0.1) is 23.0 Å². The van der Waals surface area contributed by atoms with E-state index in [-0.39, 0.29) is 67.4 Å². The van der Waals surface area contributed by atoms with E-state index in [4.69, 9.17) is 0 Å². The van der Waals surface area contributed by atoms with Crippen LogP contribution in [0.1, 0.15) is 212 Å². The van der Waals surface area contributed by atoms with Gasteiger partial charge in [0.15, 0.2) is 0 Å². The first-order valence-electron chi connectivity index (χ1n) is 27.6. The van der Waals surface area contributed by atoms with Crippen molar-refractivity contribution in [3.63, 3.8) is 0 Å². The maximum atomic E-state index is 12.8. The van der Waals surface area contributed by atoms with Crippen molar-refractivity contribution >= 4 is 11.9 Å². The Labute approximate surface area is 401 Å². The van der Waals surface area contributed by atoms with Crippen molar-refractivity contribution in [1.82, 2.24) is 0 Å². The van der Waals surface area contributed by atoms with E-state index in [2.05, 4.69) is 96.2 Å². The molecule has 0 bridgehead atoms. The molecule has 0 aromatic carbocycles. The fourth-order valence-electron chi connectivity index (χ4n) is 23.0. The van der Waals surface area contributed by atoms with Gasteiger partial charge in [0.25, 0.3) is 0 Å². The molecule has 0 aromatic heterocycles. The number of carboxylic acids is 2. The topological polar surface area (TPSA) is 115 Å². The summed E-state index contributed by atoms with van der Waals surface area (Å²) in [5.41, 5.74) is 2.71. The van der Waals surface area contributed by atoms with Crippen LogP contribution in [0.25, 0.3) is 0 Å². The Balaban J connectivity index is 0.000000166. The number of aliphatic hydroxyl groups excluding tert-OH is 2. The van der Waals surface area contributed by atoms with Gasteiger partial charge in [-0.15, -0.1) is 0 Å². The SMILES string of the molecule is C=C(C)[C@@H]1CC[C@]2(C(=O)O)CC[C@]3(C)[C@H](CC[C@@H]4[C@@]5(C)CCC(O)C(C)(C)[C@@H]5CC[C@]43C)[C@@H]12.C=C(C)[C@@H]1CC[C@]2(C(=O)O)CC[C@]3(C)[C@H](CC[C@@H]4[C@@]5(C)CC[C@H](O)C(C)(C)[C@@H]5CC[C@]43C)[C@@H]12. The van der Waals surface area contributed by atoms with Crippen LogP contribution in [-0.4, -0.2) is 44.6 Å². The predicted molar refractivity (Wildman–Crippen MR) is 265 cm³/mol. The van der Waals surface area contributed by atoms with Crippen molar-refractivity contribution in [2.24, 2.45) is 113 Å². The van der Waals surface area contributed by atoms with E-state index in [1.807, 2.05) is 0 Å². The number of aliphatic hydroxyl groups is 2. The van der Waals surface area contributed by atoms with E-state index in [1.165, 1.54) is 62.5 Å². The lowest BCUT2D eigenvalue weighted by Crippen LogP contribution is -2.67. The summed E-state index contributed by atoms with van der Waals surface area (Å²) in [6.45, 7) is 37.7. The fraction of sp³-hybridized carbons (Fsp3) is 0.900. The van der Waals surface area contributed by atoms with Gasteiger partial charge in [-0.3, -0.25) is 9.59 Å². The largest absolute Gasteiger partial charge is 0.481 e. The van der Waals surface area contributed by atoms with Crippen LogP contribution in [0.4, 0.5) is 0 Å². The molecule has 10 saturated carbocycles. The van der Waals surface area contributed by atoms with Crippen LogP contribution in [0, 0.1) is 113 Å².